The summed E-state index contributed by atoms with van der Waals surface area (Å²) in [5.41, 5.74) is 1.95. The van der Waals surface area contributed by atoms with Crippen LogP contribution in [0.5, 0.6) is 0 Å². The van der Waals surface area contributed by atoms with Crippen molar-refractivity contribution in [2.45, 2.75) is 30.8 Å². The first-order valence-electron chi connectivity index (χ1n) is 8.67. The smallest absolute Gasteiger partial charge is 0.243 e. The zero-order valence-corrected chi connectivity index (χ0v) is 15.6. The standard InChI is InChI=1S/C20H25NO3S/c1-16-8-6-7-11-19(16)25(22,23)21-14-12-18(13-15-21)20(24-2)17-9-4-3-5-10-17/h3-11,18,20H,12-15H2,1-2H3. The van der Waals surface area contributed by atoms with Gasteiger partial charge < -0.3 is 4.74 Å². The lowest BCUT2D eigenvalue weighted by Crippen LogP contribution is -2.40. The number of methoxy groups -OCH3 is 1. The van der Waals surface area contributed by atoms with Gasteiger partial charge in [-0.15, -0.1) is 0 Å². The Bertz CT molecular complexity index is 797. The van der Waals surface area contributed by atoms with Gasteiger partial charge in [0, 0.05) is 20.2 Å². The average molecular weight is 359 g/mol. The number of hydrogen-bond acceptors (Lipinski definition) is 3. The van der Waals surface area contributed by atoms with E-state index in [1.807, 2.05) is 37.3 Å². The number of aryl methyl sites for hydroxylation is 1. The van der Waals surface area contributed by atoms with Gasteiger partial charge in [-0.05, 0) is 42.9 Å². The van der Waals surface area contributed by atoms with E-state index in [1.54, 1.807) is 23.5 Å². The number of benzene rings is 2. The van der Waals surface area contributed by atoms with E-state index < -0.39 is 10.0 Å². The van der Waals surface area contributed by atoms with E-state index in [1.165, 1.54) is 0 Å². The van der Waals surface area contributed by atoms with Gasteiger partial charge in [0.25, 0.3) is 0 Å². The van der Waals surface area contributed by atoms with E-state index in [4.69, 9.17) is 4.74 Å². The quantitative estimate of drug-likeness (QED) is 0.816. The predicted molar refractivity (Wildman–Crippen MR) is 98.9 cm³/mol. The molecule has 1 saturated heterocycles. The first kappa shape index (κ1) is 18.1. The van der Waals surface area contributed by atoms with Crippen molar-refractivity contribution in [1.29, 1.82) is 0 Å². The molecule has 0 saturated carbocycles. The van der Waals surface area contributed by atoms with Gasteiger partial charge in [0.1, 0.15) is 0 Å². The summed E-state index contributed by atoms with van der Waals surface area (Å²) >= 11 is 0. The largest absolute Gasteiger partial charge is 0.376 e. The average Bonchev–Trinajstić information content (AvgIpc) is 2.64. The molecule has 2 aromatic rings. The first-order valence-corrected chi connectivity index (χ1v) is 10.1. The minimum Gasteiger partial charge on any atom is -0.376 e. The molecule has 1 aliphatic heterocycles. The van der Waals surface area contributed by atoms with Crippen LogP contribution in [0.3, 0.4) is 0 Å². The number of sulfonamides is 1. The number of piperidine rings is 1. The van der Waals surface area contributed by atoms with Crippen LogP contribution in [0, 0.1) is 12.8 Å². The van der Waals surface area contributed by atoms with Crippen molar-refractivity contribution in [3.8, 4) is 0 Å². The molecule has 5 heteroatoms. The van der Waals surface area contributed by atoms with E-state index in [-0.39, 0.29) is 6.10 Å². The molecule has 1 aliphatic rings. The SMILES string of the molecule is COC(c1ccccc1)C1CCN(S(=O)(=O)c2ccccc2C)CC1. The molecule has 2 aromatic carbocycles. The molecule has 0 aromatic heterocycles. The number of rotatable bonds is 5. The van der Waals surface area contributed by atoms with E-state index in [0.29, 0.717) is 23.9 Å². The highest BCUT2D eigenvalue weighted by molar-refractivity contribution is 7.89. The summed E-state index contributed by atoms with van der Waals surface area (Å²) in [4.78, 5) is 0.416. The summed E-state index contributed by atoms with van der Waals surface area (Å²) in [5.74, 6) is 0.329. The van der Waals surface area contributed by atoms with E-state index in [0.717, 1.165) is 24.0 Å². The van der Waals surface area contributed by atoms with Gasteiger partial charge in [-0.1, -0.05) is 48.5 Å². The Morgan fingerprint density at radius 2 is 1.60 bits per heavy atom. The Morgan fingerprint density at radius 3 is 2.20 bits per heavy atom. The number of hydrogen-bond donors (Lipinski definition) is 0. The highest BCUT2D eigenvalue weighted by Crippen LogP contribution is 2.35. The number of nitrogens with zero attached hydrogens (tertiary/aromatic N) is 1. The van der Waals surface area contributed by atoms with Gasteiger partial charge in [-0.3, -0.25) is 0 Å². The Kier molecular flexibility index (Phi) is 5.57. The molecule has 25 heavy (non-hydrogen) atoms. The van der Waals surface area contributed by atoms with Crippen LogP contribution in [-0.4, -0.2) is 32.9 Å². The topological polar surface area (TPSA) is 46.6 Å². The minimum atomic E-state index is -3.42. The Labute approximate surface area is 150 Å². The predicted octanol–water partition coefficient (Wildman–Crippen LogP) is 3.78. The zero-order valence-electron chi connectivity index (χ0n) is 14.8. The zero-order chi connectivity index (χ0) is 17.9. The van der Waals surface area contributed by atoms with Crippen LogP contribution in [0.25, 0.3) is 0 Å². The maximum atomic E-state index is 12.9. The molecule has 0 bridgehead atoms. The van der Waals surface area contributed by atoms with Crippen LogP contribution < -0.4 is 0 Å². The molecule has 1 atom stereocenters. The van der Waals surface area contributed by atoms with Crippen molar-refractivity contribution in [3.05, 3.63) is 65.7 Å². The summed E-state index contributed by atoms with van der Waals surface area (Å²) < 4.78 is 33.2. The van der Waals surface area contributed by atoms with Crippen molar-refractivity contribution < 1.29 is 13.2 Å². The highest BCUT2D eigenvalue weighted by Gasteiger charge is 2.33. The minimum absolute atomic E-state index is 0.0181. The summed E-state index contributed by atoms with van der Waals surface area (Å²) in [5, 5.41) is 0. The van der Waals surface area contributed by atoms with Crippen molar-refractivity contribution in [1.82, 2.24) is 4.31 Å². The Morgan fingerprint density at radius 1 is 1.00 bits per heavy atom. The molecule has 0 radical (unpaired) electrons. The Balaban J connectivity index is 1.72. The molecule has 0 aliphatic carbocycles. The molecule has 1 heterocycles. The van der Waals surface area contributed by atoms with Gasteiger partial charge in [-0.25, -0.2) is 8.42 Å². The van der Waals surface area contributed by atoms with Gasteiger partial charge in [0.05, 0.1) is 11.0 Å². The van der Waals surface area contributed by atoms with E-state index >= 15 is 0 Å². The van der Waals surface area contributed by atoms with Crippen LogP contribution in [0.4, 0.5) is 0 Å². The molecular weight excluding hydrogens is 334 g/mol. The van der Waals surface area contributed by atoms with Crippen LogP contribution in [0.2, 0.25) is 0 Å². The van der Waals surface area contributed by atoms with Crippen molar-refractivity contribution in [2.24, 2.45) is 5.92 Å². The summed E-state index contributed by atoms with van der Waals surface area (Å²) in [6, 6.07) is 17.3. The van der Waals surface area contributed by atoms with Crippen LogP contribution >= 0.6 is 0 Å². The normalized spacial score (nSPS) is 18.2. The lowest BCUT2D eigenvalue weighted by atomic mass is 9.88. The molecule has 0 amide bonds. The molecular formula is C20H25NO3S. The maximum absolute atomic E-state index is 12.9. The highest BCUT2D eigenvalue weighted by atomic mass is 32.2. The third kappa shape index (κ3) is 3.78. The number of ether oxygens (including phenoxy) is 1. The van der Waals surface area contributed by atoms with Gasteiger partial charge in [0.15, 0.2) is 0 Å². The Hall–Kier alpha value is -1.69. The maximum Gasteiger partial charge on any atom is 0.243 e. The monoisotopic (exact) mass is 359 g/mol. The van der Waals surface area contributed by atoms with Crippen molar-refractivity contribution >= 4 is 10.0 Å². The molecule has 0 N–H and O–H groups in total. The molecule has 0 spiro atoms. The molecule has 134 valence electrons. The van der Waals surface area contributed by atoms with Crippen LogP contribution in [0.1, 0.15) is 30.1 Å². The van der Waals surface area contributed by atoms with Gasteiger partial charge in [-0.2, -0.15) is 4.31 Å². The fourth-order valence-electron chi connectivity index (χ4n) is 3.65. The van der Waals surface area contributed by atoms with E-state index in [2.05, 4.69) is 12.1 Å². The second-order valence-corrected chi connectivity index (χ2v) is 8.48. The molecule has 1 fully saturated rings. The first-order chi connectivity index (χ1) is 12.0. The second-order valence-electron chi connectivity index (χ2n) is 6.57. The molecule has 4 nitrogen and oxygen atoms in total. The van der Waals surface area contributed by atoms with Crippen molar-refractivity contribution in [3.63, 3.8) is 0 Å². The lowest BCUT2D eigenvalue weighted by Gasteiger charge is -2.35. The third-order valence-corrected chi connectivity index (χ3v) is 7.08. The van der Waals surface area contributed by atoms with Crippen LogP contribution in [0.15, 0.2) is 59.5 Å². The van der Waals surface area contributed by atoms with Gasteiger partial charge >= 0.3 is 0 Å². The molecule has 1 unspecified atom stereocenters. The van der Waals surface area contributed by atoms with Crippen LogP contribution in [-0.2, 0) is 14.8 Å². The fourth-order valence-corrected chi connectivity index (χ4v) is 5.34. The second kappa shape index (κ2) is 7.68. The third-order valence-electron chi connectivity index (χ3n) is 5.02. The lowest BCUT2D eigenvalue weighted by molar-refractivity contribution is 0.0303. The fraction of sp³-hybridized carbons (Fsp3) is 0.400. The summed E-state index contributed by atoms with van der Waals surface area (Å²) in [6.45, 7) is 2.91. The van der Waals surface area contributed by atoms with Gasteiger partial charge in [0.2, 0.25) is 10.0 Å². The van der Waals surface area contributed by atoms with Crippen molar-refractivity contribution in [2.75, 3.05) is 20.2 Å². The van der Waals surface area contributed by atoms with E-state index in [9.17, 15) is 8.42 Å². The summed E-state index contributed by atoms with van der Waals surface area (Å²) in [7, 11) is -1.69. The molecule has 3 rings (SSSR count). The summed E-state index contributed by atoms with van der Waals surface area (Å²) in [6.07, 6.45) is 1.63.